The lowest BCUT2D eigenvalue weighted by Gasteiger charge is -2.12. The number of benzene rings is 1. The van der Waals surface area contributed by atoms with Crippen LogP contribution in [0.15, 0.2) is 42.7 Å². The maximum Gasteiger partial charge on any atom is 0.320 e. The fourth-order valence-corrected chi connectivity index (χ4v) is 2.73. The van der Waals surface area contributed by atoms with Crippen LogP contribution in [0, 0.1) is 13.8 Å². The Bertz CT molecular complexity index is 905. The molecule has 122 valence electrons. The van der Waals surface area contributed by atoms with Gasteiger partial charge in [-0.05, 0) is 61.0 Å². The SMILES string of the molecule is CCNC(=O)Nc1cc2c(-c3ccnc(C)c3)ccc(C)c2cn1. The molecule has 24 heavy (non-hydrogen) atoms. The second-order valence-electron chi connectivity index (χ2n) is 5.72. The lowest BCUT2D eigenvalue weighted by molar-refractivity contribution is 0.252. The molecule has 2 N–H and O–H groups in total. The summed E-state index contributed by atoms with van der Waals surface area (Å²) in [4.78, 5) is 20.4. The van der Waals surface area contributed by atoms with Gasteiger partial charge in [-0.1, -0.05) is 12.1 Å². The first-order chi connectivity index (χ1) is 11.6. The summed E-state index contributed by atoms with van der Waals surface area (Å²) in [6, 6.07) is 9.91. The van der Waals surface area contributed by atoms with Gasteiger partial charge >= 0.3 is 6.03 Å². The lowest BCUT2D eigenvalue weighted by Crippen LogP contribution is -2.28. The maximum atomic E-state index is 11.7. The van der Waals surface area contributed by atoms with E-state index < -0.39 is 0 Å². The van der Waals surface area contributed by atoms with Gasteiger partial charge < -0.3 is 5.32 Å². The summed E-state index contributed by atoms with van der Waals surface area (Å²) >= 11 is 0. The van der Waals surface area contributed by atoms with E-state index in [4.69, 9.17) is 0 Å². The Hall–Kier alpha value is -2.95. The van der Waals surface area contributed by atoms with Crippen molar-refractivity contribution in [3.63, 3.8) is 0 Å². The molecule has 5 heteroatoms. The maximum absolute atomic E-state index is 11.7. The molecule has 0 fully saturated rings. The zero-order valence-corrected chi connectivity index (χ0v) is 14.1. The quantitative estimate of drug-likeness (QED) is 0.765. The second-order valence-corrected chi connectivity index (χ2v) is 5.72. The number of urea groups is 1. The van der Waals surface area contributed by atoms with Crippen molar-refractivity contribution >= 4 is 22.6 Å². The van der Waals surface area contributed by atoms with Crippen LogP contribution in [0.4, 0.5) is 10.6 Å². The molecule has 3 aromatic rings. The molecule has 0 saturated heterocycles. The first-order valence-corrected chi connectivity index (χ1v) is 7.95. The van der Waals surface area contributed by atoms with Gasteiger partial charge in [0.25, 0.3) is 0 Å². The first-order valence-electron chi connectivity index (χ1n) is 7.95. The molecule has 2 amide bonds. The molecule has 0 saturated carbocycles. The molecule has 1 aromatic carbocycles. The van der Waals surface area contributed by atoms with E-state index in [2.05, 4.69) is 45.7 Å². The fourth-order valence-electron chi connectivity index (χ4n) is 2.73. The van der Waals surface area contributed by atoms with E-state index in [1.54, 1.807) is 0 Å². The van der Waals surface area contributed by atoms with Gasteiger partial charge in [0.15, 0.2) is 0 Å². The molecule has 0 bridgehead atoms. The zero-order chi connectivity index (χ0) is 17.1. The van der Waals surface area contributed by atoms with Crippen LogP contribution < -0.4 is 10.6 Å². The summed E-state index contributed by atoms with van der Waals surface area (Å²) in [5, 5.41) is 7.61. The molecule has 0 atom stereocenters. The Labute approximate surface area is 141 Å². The highest BCUT2D eigenvalue weighted by molar-refractivity contribution is 6.00. The average Bonchev–Trinajstić information content (AvgIpc) is 2.55. The van der Waals surface area contributed by atoms with Crippen molar-refractivity contribution < 1.29 is 4.79 Å². The standard InChI is InChI=1S/C19H20N4O/c1-4-20-19(24)23-18-10-16-15(14-7-8-21-13(3)9-14)6-5-12(2)17(16)11-22-18/h5-11H,4H2,1-3H3,(H2,20,22,23,24). The van der Waals surface area contributed by atoms with Crippen LogP contribution in [-0.2, 0) is 0 Å². The van der Waals surface area contributed by atoms with Crippen molar-refractivity contribution in [2.24, 2.45) is 0 Å². The Balaban J connectivity index is 2.12. The van der Waals surface area contributed by atoms with Gasteiger partial charge in [-0.25, -0.2) is 9.78 Å². The molecule has 0 aliphatic heterocycles. The highest BCUT2D eigenvalue weighted by Gasteiger charge is 2.09. The largest absolute Gasteiger partial charge is 0.338 e. The van der Waals surface area contributed by atoms with Crippen molar-refractivity contribution in [3.8, 4) is 11.1 Å². The summed E-state index contributed by atoms with van der Waals surface area (Å²) in [6.07, 6.45) is 3.62. The highest BCUT2D eigenvalue weighted by Crippen LogP contribution is 2.31. The molecule has 0 radical (unpaired) electrons. The number of nitrogens with one attached hydrogen (secondary N) is 2. The predicted molar refractivity (Wildman–Crippen MR) is 97.1 cm³/mol. The van der Waals surface area contributed by atoms with Gasteiger partial charge in [-0.15, -0.1) is 0 Å². The van der Waals surface area contributed by atoms with Crippen LogP contribution in [0.3, 0.4) is 0 Å². The number of fused-ring (bicyclic) bond motifs is 1. The van der Waals surface area contributed by atoms with Gasteiger partial charge in [-0.2, -0.15) is 0 Å². The zero-order valence-electron chi connectivity index (χ0n) is 14.1. The summed E-state index contributed by atoms with van der Waals surface area (Å²) in [7, 11) is 0. The minimum Gasteiger partial charge on any atom is -0.338 e. The van der Waals surface area contributed by atoms with Crippen LogP contribution in [0.25, 0.3) is 21.9 Å². The molecule has 0 aliphatic rings. The van der Waals surface area contributed by atoms with Crippen LogP contribution in [0.2, 0.25) is 0 Å². The monoisotopic (exact) mass is 320 g/mol. The minimum atomic E-state index is -0.252. The number of aryl methyl sites for hydroxylation is 2. The van der Waals surface area contributed by atoms with Crippen molar-refractivity contribution in [2.45, 2.75) is 20.8 Å². The molecular weight excluding hydrogens is 300 g/mol. The van der Waals surface area contributed by atoms with Crippen molar-refractivity contribution in [1.82, 2.24) is 15.3 Å². The summed E-state index contributed by atoms with van der Waals surface area (Å²) in [5.74, 6) is 0.533. The highest BCUT2D eigenvalue weighted by atomic mass is 16.2. The number of hydrogen-bond acceptors (Lipinski definition) is 3. The van der Waals surface area contributed by atoms with E-state index in [9.17, 15) is 4.79 Å². The van der Waals surface area contributed by atoms with Gasteiger partial charge in [0.1, 0.15) is 5.82 Å². The number of anilines is 1. The Morgan fingerprint density at radius 1 is 1.08 bits per heavy atom. The molecule has 0 aliphatic carbocycles. The first kappa shape index (κ1) is 15.9. The van der Waals surface area contributed by atoms with Crippen molar-refractivity contribution in [1.29, 1.82) is 0 Å². The van der Waals surface area contributed by atoms with Crippen LogP contribution >= 0.6 is 0 Å². The predicted octanol–water partition coefficient (Wildman–Crippen LogP) is 4.06. The van der Waals surface area contributed by atoms with Crippen LogP contribution in [-0.4, -0.2) is 22.5 Å². The van der Waals surface area contributed by atoms with E-state index in [1.165, 1.54) is 0 Å². The number of hydrogen-bond donors (Lipinski definition) is 2. The Morgan fingerprint density at radius 2 is 1.92 bits per heavy atom. The van der Waals surface area contributed by atoms with E-state index in [-0.39, 0.29) is 6.03 Å². The molecule has 0 spiro atoms. The minimum absolute atomic E-state index is 0.252. The smallest absolute Gasteiger partial charge is 0.320 e. The number of amides is 2. The third-order valence-electron chi connectivity index (χ3n) is 3.91. The van der Waals surface area contributed by atoms with Crippen LogP contribution in [0.5, 0.6) is 0 Å². The Kier molecular flexibility index (Phi) is 4.42. The van der Waals surface area contributed by atoms with Crippen molar-refractivity contribution in [3.05, 3.63) is 54.0 Å². The number of rotatable bonds is 3. The average molecular weight is 320 g/mol. The van der Waals surface area contributed by atoms with E-state index in [1.807, 2.05) is 38.4 Å². The second kappa shape index (κ2) is 6.66. The molecular formula is C19H20N4O. The number of nitrogens with zero attached hydrogens (tertiary/aromatic N) is 2. The number of carbonyl (C=O) groups is 1. The molecule has 3 rings (SSSR count). The summed E-state index contributed by atoms with van der Waals surface area (Å²) in [6.45, 7) is 6.48. The van der Waals surface area contributed by atoms with Gasteiger partial charge in [0, 0.05) is 30.0 Å². The molecule has 2 aromatic heterocycles. The third-order valence-corrected chi connectivity index (χ3v) is 3.91. The van der Waals surface area contributed by atoms with E-state index in [0.717, 1.165) is 33.2 Å². The van der Waals surface area contributed by atoms with Gasteiger partial charge in [-0.3, -0.25) is 10.3 Å². The third kappa shape index (κ3) is 3.20. The molecule has 0 unspecified atom stereocenters. The molecule has 5 nitrogen and oxygen atoms in total. The summed E-state index contributed by atoms with van der Waals surface area (Å²) in [5.41, 5.74) is 4.32. The summed E-state index contributed by atoms with van der Waals surface area (Å²) < 4.78 is 0. The van der Waals surface area contributed by atoms with Gasteiger partial charge in [0.2, 0.25) is 0 Å². The number of aromatic nitrogens is 2. The Morgan fingerprint density at radius 3 is 2.67 bits per heavy atom. The van der Waals surface area contributed by atoms with Crippen molar-refractivity contribution in [2.75, 3.05) is 11.9 Å². The fraction of sp³-hybridized carbons (Fsp3) is 0.211. The topological polar surface area (TPSA) is 66.9 Å². The number of carbonyl (C=O) groups excluding carboxylic acids is 1. The normalized spacial score (nSPS) is 10.6. The number of pyridine rings is 2. The van der Waals surface area contributed by atoms with E-state index >= 15 is 0 Å². The van der Waals surface area contributed by atoms with Gasteiger partial charge in [0.05, 0.1) is 0 Å². The van der Waals surface area contributed by atoms with E-state index in [0.29, 0.717) is 12.4 Å². The lowest BCUT2D eigenvalue weighted by atomic mass is 9.97. The van der Waals surface area contributed by atoms with Crippen LogP contribution in [0.1, 0.15) is 18.2 Å². The molecule has 2 heterocycles.